The number of hydrogen-bond acceptors (Lipinski definition) is 0. The number of rotatable bonds is 2. The van der Waals surface area contributed by atoms with Gasteiger partial charge in [0.2, 0.25) is 0 Å². The van der Waals surface area contributed by atoms with Crippen LogP contribution in [-0.2, 0) is 12.4 Å². The summed E-state index contributed by atoms with van der Waals surface area (Å²) in [5.74, 6) is 0. The maximum atomic E-state index is 13.9. The Morgan fingerprint density at radius 2 is 0.929 bits per heavy atom. The minimum atomic E-state index is -5.18. The SMILES string of the molecule is Cc1ccc(-c2ccc(-c3ccc(I)cc3)c(C(F)(F)F)c2C(F)(F)F)cc1. The van der Waals surface area contributed by atoms with Gasteiger partial charge in [-0.3, -0.25) is 0 Å². The van der Waals surface area contributed by atoms with Crippen LogP contribution in [0.4, 0.5) is 26.3 Å². The highest BCUT2D eigenvalue weighted by atomic mass is 127. The molecule has 3 aromatic rings. The van der Waals surface area contributed by atoms with E-state index >= 15 is 0 Å². The van der Waals surface area contributed by atoms with Crippen molar-refractivity contribution in [1.82, 2.24) is 0 Å². The summed E-state index contributed by atoms with van der Waals surface area (Å²) < 4.78 is 83.9. The van der Waals surface area contributed by atoms with Crippen molar-refractivity contribution in [3.05, 3.63) is 80.9 Å². The summed E-state index contributed by atoms with van der Waals surface area (Å²) in [7, 11) is 0. The molecule has 0 saturated heterocycles. The predicted molar refractivity (Wildman–Crippen MR) is 105 cm³/mol. The zero-order valence-corrected chi connectivity index (χ0v) is 16.6. The average Bonchev–Trinajstić information content (AvgIpc) is 2.60. The largest absolute Gasteiger partial charge is 0.417 e. The van der Waals surface area contributed by atoms with Gasteiger partial charge in [-0.05, 0) is 63.9 Å². The van der Waals surface area contributed by atoms with E-state index in [9.17, 15) is 26.3 Å². The molecule has 0 aromatic heterocycles. The molecule has 0 nitrogen and oxygen atoms in total. The Labute approximate surface area is 171 Å². The third-order valence-electron chi connectivity index (χ3n) is 4.29. The summed E-state index contributed by atoms with van der Waals surface area (Å²) in [6, 6.07) is 14.0. The molecular weight excluding hydrogens is 493 g/mol. The van der Waals surface area contributed by atoms with Crippen molar-refractivity contribution in [1.29, 1.82) is 0 Å². The van der Waals surface area contributed by atoms with Gasteiger partial charge in [0.25, 0.3) is 0 Å². The molecule has 0 aliphatic heterocycles. The minimum Gasteiger partial charge on any atom is -0.166 e. The van der Waals surface area contributed by atoms with E-state index in [0.29, 0.717) is 0 Å². The molecule has 0 saturated carbocycles. The molecule has 28 heavy (non-hydrogen) atoms. The van der Waals surface area contributed by atoms with Gasteiger partial charge >= 0.3 is 12.4 Å². The van der Waals surface area contributed by atoms with Crippen molar-refractivity contribution < 1.29 is 26.3 Å². The molecule has 3 aromatic carbocycles. The van der Waals surface area contributed by atoms with Crippen LogP contribution >= 0.6 is 22.6 Å². The zero-order chi connectivity index (χ0) is 20.7. The van der Waals surface area contributed by atoms with Crippen molar-refractivity contribution in [3.63, 3.8) is 0 Å². The molecule has 7 heteroatoms. The van der Waals surface area contributed by atoms with Gasteiger partial charge in [0, 0.05) is 3.57 Å². The number of alkyl halides is 6. The summed E-state index contributed by atoms with van der Waals surface area (Å²) in [5.41, 5.74) is -3.37. The van der Waals surface area contributed by atoms with E-state index in [1.54, 1.807) is 31.2 Å². The number of hydrogen-bond donors (Lipinski definition) is 0. The summed E-state index contributed by atoms with van der Waals surface area (Å²) in [4.78, 5) is 0. The van der Waals surface area contributed by atoms with Gasteiger partial charge < -0.3 is 0 Å². The summed E-state index contributed by atoms with van der Waals surface area (Å²) in [5, 5.41) is 0. The molecule has 0 fully saturated rings. The normalized spacial score (nSPS) is 12.3. The Balaban J connectivity index is 2.38. The molecule has 146 valence electrons. The van der Waals surface area contributed by atoms with Crippen LogP contribution in [0.1, 0.15) is 16.7 Å². The Hall–Kier alpha value is -2.03. The molecular formula is C21H13F6I. The fraction of sp³-hybridized carbons (Fsp3) is 0.143. The fourth-order valence-corrected chi connectivity index (χ4v) is 3.39. The van der Waals surface area contributed by atoms with Gasteiger partial charge in [-0.2, -0.15) is 26.3 Å². The van der Waals surface area contributed by atoms with Gasteiger partial charge in [0.15, 0.2) is 0 Å². The van der Waals surface area contributed by atoms with Crippen molar-refractivity contribution >= 4 is 22.6 Å². The first-order chi connectivity index (χ1) is 13.0. The molecule has 0 radical (unpaired) electrons. The second kappa shape index (κ2) is 7.42. The lowest BCUT2D eigenvalue weighted by atomic mass is 9.88. The first-order valence-corrected chi connectivity index (χ1v) is 9.21. The molecule has 0 atom stereocenters. The molecule has 0 spiro atoms. The summed E-state index contributed by atoms with van der Waals surface area (Å²) in [6.45, 7) is 1.75. The lowest BCUT2D eigenvalue weighted by Crippen LogP contribution is -2.19. The van der Waals surface area contributed by atoms with E-state index in [0.717, 1.165) is 21.3 Å². The van der Waals surface area contributed by atoms with E-state index in [1.807, 2.05) is 22.6 Å². The number of aryl methyl sites for hydroxylation is 1. The monoisotopic (exact) mass is 506 g/mol. The van der Waals surface area contributed by atoms with Gasteiger partial charge in [-0.1, -0.05) is 54.1 Å². The van der Waals surface area contributed by atoms with E-state index in [-0.39, 0.29) is 11.1 Å². The molecule has 0 aliphatic carbocycles. The van der Waals surface area contributed by atoms with E-state index in [1.165, 1.54) is 24.3 Å². The lowest BCUT2D eigenvalue weighted by molar-refractivity contribution is -0.161. The second-order valence-corrected chi connectivity index (χ2v) is 7.52. The highest BCUT2D eigenvalue weighted by molar-refractivity contribution is 14.1. The van der Waals surface area contributed by atoms with Gasteiger partial charge in [0.05, 0.1) is 11.1 Å². The van der Waals surface area contributed by atoms with Crippen molar-refractivity contribution in [2.24, 2.45) is 0 Å². The lowest BCUT2D eigenvalue weighted by Gasteiger charge is -2.23. The van der Waals surface area contributed by atoms with E-state index < -0.39 is 34.6 Å². The van der Waals surface area contributed by atoms with E-state index in [2.05, 4.69) is 0 Å². The van der Waals surface area contributed by atoms with Crippen LogP contribution in [0.5, 0.6) is 0 Å². The van der Waals surface area contributed by atoms with Gasteiger partial charge in [-0.15, -0.1) is 0 Å². The third kappa shape index (κ3) is 4.19. The standard InChI is InChI=1S/C21H13F6I/c1-12-2-4-13(5-3-12)16-10-11-17(14-6-8-15(28)9-7-14)19(21(25,26)27)18(16)20(22,23)24/h2-11H,1H3. The zero-order valence-electron chi connectivity index (χ0n) is 14.4. The fourth-order valence-electron chi connectivity index (χ4n) is 3.04. The van der Waals surface area contributed by atoms with E-state index in [4.69, 9.17) is 0 Å². The van der Waals surface area contributed by atoms with Gasteiger partial charge in [-0.25, -0.2) is 0 Å². The first-order valence-electron chi connectivity index (χ1n) is 8.13. The highest BCUT2D eigenvalue weighted by Gasteiger charge is 2.46. The molecule has 0 N–H and O–H groups in total. The number of benzene rings is 3. The molecule has 0 heterocycles. The Morgan fingerprint density at radius 1 is 0.571 bits per heavy atom. The van der Waals surface area contributed by atoms with Crippen LogP contribution < -0.4 is 0 Å². The molecule has 0 unspecified atom stereocenters. The quantitative estimate of drug-likeness (QED) is 0.244. The molecule has 3 rings (SSSR count). The molecule has 0 amide bonds. The summed E-state index contributed by atoms with van der Waals surface area (Å²) in [6.07, 6.45) is -10.4. The Bertz CT molecular complexity index is 901. The van der Waals surface area contributed by atoms with Crippen molar-refractivity contribution in [2.75, 3.05) is 0 Å². The number of halogens is 7. The topological polar surface area (TPSA) is 0 Å². The highest BCUT2D eigenvalue weighted by Crippen LogP contribution is 2.49. The van der Waals surface area contributed by atoms with Crippen molar-refractivity contribution in [3.8, 4) is 22.3 Å². The maximum Gasteiger partial charge on any atom is 0.417 e. The van der Waals surface area contributed by atoms with Crippen LogP contribution in [0.3, 0.4) is 0 Å². The van der Waals surface area contributed by atoms with Crippen molar-refractivity contribution in [2.45, 2.75) is 19.3 Å². The van der Waals surface area contributed by atoms with Crippen LogP contribution in [-0.4, -0.2) is 0 Å². The average molecular weight is 506 g/mol. The molecule has 0 aliphatic rings. The maximum absolute atomic E-state index is 13.9. The van der Waals surface area contributed by atoms with Gasteiger partial charge in [0.1, 0.15) is 0 Å². The summed E-state index contributed by atoms with van der Waals surface area (Å²) >= 11 is 1.97. The van der Waals surface area contributed by atoms with Crippen LogP contribution in [0, 0.1) is 10.5 Å². The smallest absolute Gasteiger partial charge is 0.166 e. The first kappa shape index (κ1) is 20.7. The minimum absolute atomic E-state index is 0.0775. The second-order valence-electron chi connectivity index (χ2n) is 6.28. The molecule has 0 bridgehead atoms. The van der Waals surface area contributed by atoms with Crippen LogP contribution in [0.2, 0.25) is 0 Å². The Kier molecular flexibility index (Phi) is 5.49. The third-order valence-corrected chi connectivity index (χ3v) is 5.01. The Morgan fingerprint density at radius 3 is 1.29 bits per heavy atom. The predicted octanol–water partition coefficient (Wildman–Crippen LogP) is 7.97. The van der Waals surface area contributed by atoms with Crippen LogP contribution in [0.25, 0.3) is 22.3 Å². The van der Waals surface area contributed by atoms with Crippen LogP contribution in [0.15, 0.2) is 60.7 Å².